The van der Waals surface area contributed by atoms with E-state index in [0.717, 1.165) is 31.6 Å². The zero-order valence-electron chi connectivity index (χ0n) is 15.8. The molecule has 6 nitrogen and oxygen atoms in total. The molecular weight excluding hydrogens is 422 g/mol. The van der Waals surface area contributed by atoms with Gasteiger partial charge in [0.25, 0.3) is 5.91 Å². The Bertz CT molecular complexity index is 849. The SMILES string of the molecule is COc1ccc(Br)c(C(=O)Nc2ccccc2CC(=O)N2CCCNCC2)c1. The van der Waals surface area contributed by atoms with Crippen molar-refractivity contribution >= 4 is 33.4 Å². The first kappa shape index (κ1) is 20.4. The van der Waals surface area contributed by atoms with Crippen molar-refractivity contribution in [2.45, 2.75) is 12.8 Å². The van der Waals surface area contributed by atoms with Crippen LogP contribution in [0.25, 0.3) is 0 Å². The number of anilines is 1. The van der Waals surface area contributed by atoms with Crippen molar-refractivity contribution in [2.24, 2.45) is 0 Å². The number of methoxy groups -OCH3 is 1. The lowest BCUT2D eigenvalue weighted by Gasteiger charge is -2.21. The van der Waals surface area contributed by atoms with Gasteiger partial charge in [0.05, 0.1) is 19.1 Å². The lowest BCUT2D eigenvalue weighted by Crippen LogP contribution is -2.35. The van der Waals surface area contributed by atoms with Crippen molar-refractivity contribution in [3.63, 3.8) is 0 Å². The summed E-state index contributed by atoms with van der Waals surface area (Å²) in [5.74, 6) is 0.421. The zero-order valence-corrected chi connectivity index (χ0v) is 17.4. The van der Waals surface area contributed by atoms with E-state index in [1.807, 2.05) is 29.2 Å². The Balaban J connectivity index is 1.75. The van der Waals surface area contributed by atoms with Crippen LogP contribution in [0.3, 0.4) is 0 Å². The van der Waals surface area contributed by atoms with Gasteiger partial charge in [-0.2, -0.15) is 0 Å². The topological polar surface area (TPSA) is 70.7 Å². The molecule has 0 unspecified atom stereocenters. The molecule has 0 spiro atoms. The van der Waals surface area contributed by atoms with Gasteiger partial charge in [-0.3, -0.25) is 9.59 Å². The van der Waals surface area contributed by atoms with Crippen molar-refractivity contribution < 1.29 is 14.3 Å². The highest BCUT2D eigenvalue weighted by atomic mass is 79.9. The molecule has 0 aromatic heterocycles. The van der Waals surface area contributed by atoms with Crippen LogP contribution in [0.4, 0.5) is 5.69 Å². The second kappa shape index (κ2) is 9.71. The standard InChI is InChI=1S/C21H24BrN3O3/c1-28-16-7-8-18(22)17(14-16)21(27)24-19-6-3-2-5-15(19)13-20(26)25-11-4-9-23-10-12-25/h2-3,5-8,14,23H,4,9-13H2,1H3,(H,24,27). The minimum absolute atomic E-state index is 0.0768. The number of nitrogens with zero attached hydrogens (tertiary/aromatic N) is 1. The van der Waals surface area contributed by atoms with Crippen LogP contribution in [-0.4, -0.2) is 50.0 Å². The van der Waals surface area contributed by atoms with Crippen LogP contribution in [0.2, 0.25) is 0 Å². The van der Waals surface area contributed by atoms with Crippen LogP contribution in [0.15, 0.2) is 46.9 Å². The summed E-state index contributed by atoms with van der Waals surface area (Å²) in [4.78, 5) is 27.4. The van der Waals surface area contributed by atoms with Crippen LogP contribution in [-0.2, 0) is 11.2 Å². The minimum atomic E-state index is -0.260. The molecule has 1 heterocycles. The van der Waals surface area contributed by atoms with Crippen LogP contribution in [0.5, 0.6) is 5.75 Å². The quantitative estimate of drug-likeness (QED) is 0.741. The fraction of sp³-hybridized carbons (Fsp3) is 0.333. The molecule has 28 heavy (non-hydrogen) atoms. The predicted octanol–water partition coefficient (Wildman–Crippen LogP) is 3.07. The second-order valence-corrected chi connectivity index (χ2v) is 7.47. The van der Waals surface area contributed by atoms with Crippen molar-refractivity contribution in [2.75, 3.05) is 38.6 Å². The van der Waals surface area contributed by atoms with E-state index in [1.165, 1.54) is 0 Å². The van der Waals surface area contributed by atoms with Crippen molar-refractivity contribution in [1.82, 2.24) is 10.2 Å². The Hall–Kier alpha value is -2.38. The van der Waals surface area contributed by atoms with Gasteiger partial charge < -0.3 is 20.3 Å². The summed E-state index contributed by atoms with van der Waals surface area (Å²) in [7, 11) is 1.56. The van der Waals surface area contributed by atoms with Gasteiger partial charge in [-0.25, -0.2) is 0 Å². The Labute approximate surface area is 173 Å². The molecule has 2 aromatic carbocycles. The first-order valence-electron chi connectivity index (χ1n) is 9.30. The summed E-state index contributed by atoms with van der Waals surface area (Å²) in [6.07, 6.45) is 1.21. The van der Waals surface area contributed by atoms with Gasteiger partial charge in [-0.1, -0.05) is 18.2 Å². The largest absolute Gasteiger partial charge is 0.497 e. The van der Waals surface area contributed by atoms with E-state index in [4.69, 9.17) is 4.74 Å². The highest BCUT2D eigenvalue weighted by Crippen LogP contribution is 2.25. The smallest absolute Gasteiger partial charge is 0.256 e. The Morgan fingerprint density at radius 3 is 2.82 bits per heavy atom. The molecule has 2 aromatic rings. The first-order valence-corrected chi connectivity index (χ1v) is 10.1. The number of rotatable bonds is 5. The Morgan fingerprint density at radius 2 is 2.00 bits per heavy atom. The number of nitrogens with one attached hydrogen (secondary N) is 2. The predicted molar refractivity (Wildman–Crippen MR) is 113 cm³/mol. The lowest BCUT2D eigenvalue weighted by molar-refractivity contribution is -0.130. The molecule has 2 amide bonds. The second-order valence-electron chi connectivity index (χ2n) is 6.62. The molecule has 0 radical (unpaired) electrons. The molecule has 0 bridgehead atoms. The van der Waals surface area contributed by atoms with E-state index < -0.39 is 0 Å². The average molecular weight is 446 g/mol. The van der Waals surface area contributed by atoms with Gasteiger partial charge in [-0.05, 0) is 58.7 Å². The number of carbonyl (C=O) groups is 2. The van der Waals surface area contributed by atoms with Crippen LogP contribution in [0.1, 0.15) is 22.3 Å². The number of amides is 2. The Morgan fingerprint density at radius 1 is 1.18 bits per heavy atom. The Kier molecular flexibility index (Phi) is 7.06. The summed E-state index contributed by atoms with van der Waals surface area (Å²) >= 11 is 3.41. The third-order valence-corrected chi connectivity index (χ3v) is 5.41. The van der Waals surface area contributed by atoms with Gasteiger partial charge in [0.15, 0.2) is 0 Å². The van der Waals surface area contributed by atoms with Crippen molar-refractivity contribution in [3.05, 3.63) is 58.1 Å². The van der Waals surface area contributed by atoms with Crippen LogP contribution in [0, 0.1) is 0 Å². The molecule has 0 saturated carbocycles. The highest BCUT2D eigenvalue weighted by molar-refractivity contribution is 9.10. The van der Waals surface area contributed by atoms with E-state index in [2.05, 4.69) is 26.6 Å². The van der Waals surface area contributed by atoms with E-state index in [9.17, 15) is 9.59 Å². The fourth-order valence-electron chi connectivity index (χ4n) is 3.16. The first-order chi connectivity index (χ1) is 13.6. The minimum Gasteiger partial charge on any atom is -0.497 e. The highest BCUT2D eigenvalue weighted by Gasteiger charge is 2.18. The molecule has 1 fully saturated rings. The summed E-state index contributed by atoms with van der Waals surface area (Å²) in [6, 6.07) is 12.7. The number of hydrogen-bond donors (Lipinski definition) is 2. The van der Waals surface area contributed by atoms with Crippen LogP contribution >= 0.6 is 15.9 Å². The molecule has 2 N–H and O–H groups in total. The van der Waals surface area contributed by atoms with Gasteiger partial charge in [0.1, 0.15) is 5.75 Å². The molecule has 1 saturated heterocycles. The van der Waals surface area contributed by atoms with Gasteiger partial charge in [0, 0.05) is 29.8 Å². The third kappa shape index (κ3) is 5.11. The molecule has 3 rings (SSSR count). The maximum Gasteiger partial charge on any atom is 0.256 e. The lowest BCUT2D eigenvalue weighted by atomic mass is 10.1. The number of hydrogen-bond acceptors (Lipinski definition) is 4. The zero-order chi connectivity index (χ0) is 19.9. The van der Waals surface area contributed by atoms with E-state index in [1.54, 1.807) is 25.3 Å². The molecule has 0 atom stereocenters. The van der Waals surface area contributed by atoms with E-state index in [-0.39, 0.29) is 18.2 Å². The maximum atomic E-state index is 12.8. The van der Waals surface area contributed by atoms with Crippen molar-refractivity contribution in [3.8, 4) is 5.75 Å². The number of para-hydroxylation sites is 1. The molecule has 1 aliphatic heterocycles. The summed E-state index contributed by atoms with van der Waals surface area (Å²) < 4.78 is 5.89. The molecule has 148 valence electrons. The normalized spacial score (nSPS) is 14.3. The molecule has 7 heteroatoms. The molecule has 1 aliphatic rings. The average Bonchev–Trinajstić information content (AvgIpc) is 2.99. The summed E-state index contributed by atoms with van der Waals surface area (Å²) in [5.41, 5.74) is 1.92. The van der Waals surface area contributed by atoms with Crippen molar-refractivity contribution in [1.29, 1.82) is 0 Å². The monoisotopic (exact) mass is 445 g/mol. The van der Waals surface area contributed by atoms with Crippen LogP contribution < -0.4 is 15.4 Å². The summed E-state index contributed by atoms with van der Waals surface area (Å²) in [5, 5.41) is 6.23. The molecule has 0 aliphatic carbocycles. The maximum absolute atomic E-state index is 12.8. The number of ether oxygens (including phenoxy) is 1. The van der Waals surface area contributed by atoms with Gasteiger partial charge >= 0.3 is 0 Å². The fourth-order valence-corrected chi connectivity index (χ4v) is 3.59. The number of halogens is 1. The molecular formula is C21H24BrN3O3. The van der Waals surface area contributed by atoms with E-state index in [0.29, 0.717) is 28.0 Å². The third-order valence-electron chi connectivity index (χ3n) is 4.72. The number of carbonyl (C=O) groups excluding carboxylic acids is 2. The number of benzene rings is 2. The summed E-state index contributed by atoms with van der Waals surface area (Å²) in [6.45, 7) is 3.22. The van der Waals surface area contributed by atoms with Gasteiger partial charge in [-0.15, -0.1) is 0 Å². The van der Waals surface area contributed by atoms with E-state index >= 15 is 0 Å². The van der Waals surface area contributed by atoms with Gasteiger partial charge in [0.2, 0.25) is 5.91 Å².